The van der Waals surface area contributed by atoms with Crippen LogP contribution in [0.15, 0.2) is 39.5 Å². The Bertz CT molecular complexity index is 1210. The molecule has 0 N–H and O–H groups in total. The average Bonchev–Trinajstić information content (AvgIpc) is 3.32. The highest BCUT2D eigenvalue weighted by molar-refractivity contribution is 7.15. The minimum atomic E-state index is -0.224. The zero-order valence-corrected chi connectivity index (χ0v) is 15.2. The van der Waals surface area contributed by atoms with Gasteiger partial charge in [0.1, 0.15) is 16.1 Å². The van der Waals surface area contributed by atoms with Crippen LogP contribution in [0.2, 0.25) is 0 Å². The van der Waals surface area contributed by atoms with E-state index < -0.39 is 0 Å². The van der Waals surface area contributed by atoms with Crippen molar-refractivity contribution in [3.63, 3.8) is 0 Å². The third-order valence-corrected chi connectivity index (χ3v) is 4.82. The Balaban J connectivity index is 1.78. The van der Waals surface area contributed by atoms with Gasteiger partial charge in [-0.25, -0.2) is 0 Å². The Morgan fingerprint density at radius 3 is 2.62 bits per heavy atom. The Morgan fingerprint density at radius 2 is 1.96 bits per heavy atom. The maximum Gasteiger partial charge on any atom is 0.291 e. The lowest BCUT2D eigenvalue weighted by Crippen LogP contribution is -2.23. The second-order valence-electron chi connectivity index (χ2n) is 5.56. The van der Waals surface area contributed by atoms with Gasteiger partial charge in [0.25, 0.3) is 5.56 Å². The van der Waals surface area contributed by atoms with Crippen molar-refractivity contribution in [2.45, 2.75) is 6.92 Å². The molecule has 0 unspecified atom stereocenters. The van der Waals surface area contributed by atoms with E-state index >= 15 is 0 Å². The van der Waals surface area contributed by atoms with Crippen molar-refractivity contribution in [2.24, 2.45) is 0 Å². The van der Waals surface area contributed by atoms with E-state index in [2.05, 4.69) is 10.1 Å². The number of hydrogen-bond donors (Lipinski definition) is 0. The van der Waals surface area contributed by atoms with E-state index in [1.807, 2.05) is 25.1 Å². The van der Waals surface area contributed by atoms with Crippen molar-refractivity contribution in [3.8, 4) is 22.9 Å². The number of methoxy groups -OCH3 is 2. The molecular weight excluding hydrogens is 354 g/mol. The second kappa shape index (κ2) is 6.30. The number of rotatable bonds is 4. The predicted molar refractivity (Wildman–Crippen MR) is 97.9 cm³/mol. The molecule has 0 amide bonds. The summed E-state index contributed by atoms with van der Waals surface area (Å²) in [6.45, 7) is 1.85. The van der Waals surface area contributed by atoms with Gasteiger partial charge in [-0.05, 0) is 37.3 Å². The van der Waals surface area contributed by atoms with Crippen molar-refractivity contribution in [3.05, 3.63) is 56.7 Å². The van der Waals surface area contributed by atoms with Gasteiger partial charge in [0.2, 0.25) is 4.96 Å². The van der Waals surface area contributed by atoms with Crippen LogP contribution in [0.4, 0.5) is 0 Å². The molecule has 0 saturated heterocycles. The van der Waals surface area contributed by atoms with Crippen molar-refractivity contribution in [2.75, 3.05) is 14.2 Å². The number of aryl methyl sites for hydroxylation is 1. The number of benzene rings is 1. The topological polar surface area (TPSA) is 78.9 Å². The van der Waals surface area contributed by atoms with Gasteiger partial charge in [0, 0.05) is 11.6 Å². The van der Waals surface area contributed by atoms with E-state index in [9.17, 15) is 4.79 Å². The van der Waals surface area contributed by atoms with Crippen LogP contribution in [-0.4, -0.2) is 28.8 Å². The predicted octanol–water partition coefficient (Wildman–Crippen LogP) is 2.28. The van der Waals surface area contributed by atoms with Crippen LogP contribution in [0.1, 0.15) is 11.5 Å². The van der Waals surface area contributed by atoms with Crippen molar-refractivity contribution < 1.29 is 13.9 Å². The summed E-state index contributed by atoms with van der Waals surface area (Å²) < 4.78 is 17.9. The molecular formula is C18H15N3O4S. The van der Waals surface area contributed by atoms with Gasteiger partial charge in [-0.2, -0.15) is 9.50 Å². The first-order valence-electron chi connectivity index (χ1n) is 7.79. The van der Waals surface area contributed by atoms with Gasteiger partial charge < -0.3 is 13.9 Å². The van der Waals surface area contributed by atoms with E-state index in [0.29, 0.717) is 32.6 Å². The summed E-state index contributed by atoms with van der Waals surface area (Å²) in [4.78, 5) is 17.5. The summed E-state index contributed by atoms with van der Waals surface area (Å²) in [5.74, 6) is 3.07. The number of aromatic nitrogens is 3. The number of fused-ring (bicyclic) bond motifs is 1. The maximum absolute atomic E-state index is 12.6. The number of hydrogen-bond acceptors (Lipinski definition) is 7. The van der Waals surface area contributed by atoms with E-state index in [4.69, 9.17) is 13.9 Å². The zero-order valence-electron chi connectivity index (χ0n) is 14.3. The summed E-state index contributed by atoms with van der Waals surface area (Å²) >= 11 is 1.27. The molecule has 7 nitrogen and oxygen atoms in total. The van der Waals surface area contributed by atoms with Gasteiger partial charge in [-0.3, -0.25) is 4.79 Å². The normalized spacial score (nSPS) is 12.0. The lowest BCUT2D eigenvalue weighted by Gasteiger charge is -2.07. The largest absolute Gasteiger partial charge is 0.493 e. The first kappa shape index (κ1) is 16.3. The summed E-state index contributed by atoms with van der Waals surface area (Å²) in [6, 6.07) is 9.05. The molecule has 1 aromatic carbocycles. The first-order chi connectivity index (χ1) is 12.6. The second-order valence-corrected chi connectivity index (χ2v) is 6.57. The Kier molecular flexibility index (Phi) is 3.96. The van der Waals surface area contributed by atoms with E-state index in [0.717, 1.165) is 11.3 Å². The number of ether oxygens (including phenoxy) is 2. The zero-order chi connectivity index (χ0) is 18.3. The molecule has 4 aromatic rings. The molecule has 4 rings (SSSR count). The van der Waals surface area contributed by atoms with Crippen LogP contribution >= 0.6 is 11.3 Å². The van der Waals surface area contributed by atoms with E-state index in [-0.39, 0.29) is 5.56 Å². The van der Waals surface area contributed by atoms with Gasteiger partial charge in [-0.1, -0.05) is 11.3 Å². The van der Waals surface area contributed by atoms with Crippen LogP contribution in [-0.2, 0) is 0 Å². The molecule has 0 atom stereocenters. The van der Waals surface area contributed by atoms with Crippen LogP contribution in [0.3, 0.4) is 0 Å². The van der Waals surface area contributed by atoms with Gasteiger partial charge in [0.05, 0.1) is 14.2 Å². The van der Waals surface area contributed by atoms with Crippen molar-refractivity contribution in [1.29, 1.82) is 0 Å². The summed E-state index contributed by atoms with van der Waals surface area (Å²) in [5, 5.41) is 4.34. The number of furan rings is 1. The highest BCUT2D eigenvalue weighted by atomic mass is 32.1. The van der Waals surface area contributed by atoms with Crippen LogP contribution < -0.4 is 19.6 Å². The fourth-order valence-electron chi connectivity index (χ4n) is 2.59. The Morgan fingerprint density at radius 1 is 1.15 bits per heavy atom. The minimum Gasteiger partial charge on any atom is -0.493 e. The molecule has 3 heterocycles. The molecule has 0 bridgehead atoms. The third-order valence-electron chi connectivity index (χ3n) is 3.86. The number of nitrogens with zero attached hydrogens (tertiary/aromatic N) is 3. The lowest BCUT2D eigenvalue weighted by atomic mass is 10.2. The molecule has 26 heavy (non-hydrogen) atoms. The van der Waals surface area contributed by atoms with Gasteiger partial charge in [-0.15, -0.1) is 5.10 Å². The fraction of sp³-hybridized carbons (Fsp3) is 0.167. The van der Waals surface area contributed by atoms with Crippen molar-refractivity contribution >= 4 is 22.4 Å². The average molecular weight is 369 g/mol. The smallest absolute Gasteiger partial charge is 0.291 e. The van der Waals surface area contributed by atoms with Gasteiger partial charge in [0.15, 0.2) is 17.3 Å². The molecule has 0 radical (unpaired) electrons. The molecule has 3 aromatic heterocycles. The standard InChI is InChI=1S/C18H15N3O4S/c1-10-4-6-12(25-10)9-15-17(22)21-18(26-15)19-16(20-21)11-5-7-13(23-2)14(8-11)24-3/h4-9H,1-3H3/b15-9+. The molecule has 0 fully saturated rings. The quantitative estimate of drug-likeness (QED) is 0.549. The van der Waals surface area contributed by atoms with Gasteiger partial charge >= 0.3 is 0 Å². The molecule has 0 aliphatic heterocycles. The maximum atomic E-state index is 12.6. The molecule has 0 spiro atoms. The summed E-state index contributed by atoms with van der Waals surface area (Å²) in [6.07, 6.45) is 1.70. The fourth-order valence-corrected chi connectivity index (χ4v) is 3.48. The van der Waals surface area contributed by atoms with E-state index in [1.165, 1.54) is 15.9 Å². The first-order valence-corrected chi connectivity index (χ1v) is 8.61. The SMILES string of the molecule is COc1ccc(-c2nc3s/c(=C/c4ccc(C)o4)c(=O)n3n2)cc1OC. The van der Waals surface area contributed by atoms with Crippen LogP contribution in [0, 0.1) is 6.92 Å². The highest BCUT2D eigenvalue weighted by Crippen LogP contribution is 2.31. The minimum absolute atomic E-state index is 0.224. The Hall–Kier alpha value is -3.13. The molecule has 132 valence electrons. The molecule has 8 heteroatoms. The summed E-state index contributed by atoms with van der Waals surface area (Å²) in [5.41, 5.74) is 0.517. The van der Waals surface area contributed by atoms with Crippen molar-refractivity contribution in [1.82, 2.24) is 14.6 Å². The van der Waals surface area contributed by atoms with Crippen LogP contribution in [0.5, 0.6) is 11.5 Å². The third kappa shape index (κ3) is 2.74. The highest BCUT2D eigenvalue weighted by Gasteiger charge is 2.14. The Labute approximate surface area is 152 Å². The monoisotopic (exact) mass is 369 g/mol. The lowest BCUT2D eigenvalue weighted by molar-refractivity contribution is 0.355. The molecule has 0 saturated carbocycles. The van der Waals surface area contributed by atoms with Crippen LogP contribution in [0.25, 0.3) is 22.4 Å². The summed E-state index contributed by atoms with van der Waals surface area (Å²) in [7, 11) is 3.14. The number of thiazole rings is 1. The molecule has 0 aliphatic rings. The van der Waals surface area contributed by atoms with E-state index in [1.54, 1.807) is 32.4 Å². The molecule has 0 aliphatic carbocycles.